The van der Waals surface area contributed by atoms with E-state index in [-0.39, 0.29) is 11.9 Å². The van der Waals surface area contributed by atoms with Gasteiger partial charge >= 0.3 is 0 Å². The van der Waals surface area contributed by atoms with E-state index in [1.54, 1.807) is 0 Å². The summed E-state index contributed by atoms with van der Waals surface area (Å²) in [5.74, 6) is 1.66. The molecule has 1 aromatic heterocycles. The number of aromatic nitrogens is 2. The van der Waals surface area contributed by atoms with Gasteiger partial charge in [-0.3, -0.25) is 4.79 Å². The Morgan fingerprint density at radius 3 is 2.79 bits per heavy atom. The Hall–Kier alpha value is -2.67. The van der Waals surface area contributed by atoms with Gasteiger partial charge in [0.25, 0.3) is 5.89 Å². The number of nitrogens with one attached hydrogen (secondary N) is 1. The molecule has 28 heavy (non-hydrogen) atoms. The van der Waals surface area contributed by atoms with Crippen LogP contribution in [-0.4, -0.2) is 22.7 Å². The maximum Gasteiger partial charge on any atom is 0.258 e. The lowest BCUT2D eigenvalue weighted by Crippen LogP contribution is -2.29. The van der Waals surface area contributed by atoms with Crippen LogP contribution in [-0.2, 0) is 4.79 Å². The van der Waals surface area contributed by atoms with Crippen molar-refractivity contribution < 1.29 is 14.1 Å². The fraction of sp³-hybridized carbons (Fsp3) is 0.286. The Bertz CT molecular complexity index is 899. The van der Waals surface area contributed by atoms with Gasteiger partial charge in [0.05, 0.1) is 12.6 Å². The summed E-state index contributed by atoms with van der Waals surface area (Å²) in [6.07, 6.45) is 1.68. The first-order chi connectivity index (χ1) is 13.7. The monoisotopic (exact) mass is 443 g/mol. The quantitative estimate of drug-likeness (QED) is 0.474. The number of benzene rings is 2. The average molecular weight is 444 g/mol. The molecule has 0 unspecified atom stereocenters. The molecule has 0 fully saturated rings. The van der Waals surface area contributed by atoms with Crippen LogP contribution in [0.3, 0.4) is 0 Å². The second kappa shape index (κ2) is 10.0. The van der Waals surface area contributed by atoms with Gasteiger partial charge < -0.3 is 14.6 Å². The van der Waals surface area contributed by atoms with Crippen molar-refractivity contribution in [1.82, 2.24) is 15.5 Å². The van der Waals surface area contributed by atoms with Gasteiger partial charge in [-0.1, -0.05) is 52.3 Å². The van der Waals surface area contributed by atoms with Crippen LogP contribution in [0.15, 0.2) is 63.6 Å². The van der Waals surface area contributed by atoms with E-state index < -0.39 is 0 Å². The minimum atomic E-state index is -0.285. The van der Waals surface area contributed by atoms with Gasteiger partial charge in [-0.15, -0.1) is 0 Å². The number of para-hydroxylation sites is 1. The molecule has 146 valence electrons. The van der Waals surface area contributed by atoms with Gasteiger partial charge in [-0.05, 0) is 43.2 Å². The van der Waals surface area contributed by atoms with Crippen molar-refractivity contribution in [3.8, 4) is 17.2 Å². The highest BCUT2D eigenvalue weighted by Crippen LogP contribution is 2.23. The summed E-state index contributed by atoms with van der Waals surface area (Å²) in [4.78, 5) is 16.7. The summed E-state index contributed by atoms with van der Waals surface area (Å²) < 4.78 is 11.9. The number of hydrogen-bond donors (Lipinski definition) is 1. The molecule has 1 atom stereocenters. The van der Waals surface area contributed by atoms with E-state index >= 15 is 0 Å². The van der Waals surface area contributed by atoms with Gasteiger partial charge in [0, 0.05) is 16.5 Å². The predicted molar refractivity (Wildman–Crippen MR) is 110 cm³/mol. The highest BCUT2D eigenvalue weighted by molar-refractivity contribution is 9.10. The fourth-order valence-corrected chi connectivity index (χ4v) is 3.07. The van der Waals surface area contributed by atoms with E-state index in [1.165, 1.54) is 0 Å². The van der Waals surface area contributed by atoms with Crippen molar-refractivity contribution in [1.29, 1.82) is 0 Å². The number of amides is 1. The third-order valence-corrected chi connectivity index (χ3v) is 4.62. The minimum Gasteiger partial charge on any atom is -0.494 e. The molecule has 0 spiro atoms. The van der Waals surface area contributed by atoms with Crippen LogP contribution in [0.5, 0.6) is 5.75 Å². The number of carbonyl (C=O) groups is 1. The first kappa shape index (κ1) is 20.1. The zero-order valence-corrected chi connectivity index (χ0v) is 17.2. The SMILES string of the molecule is CC[C@@H](NC(=O)CCCOc1ccccc1)c1noc(-c2cccc(Br)c2)n1. The van der Waals surface area contributed by atoms with Gasteiger partial charge in [-0.2, -0.15) is 4.98 Å². The number of ether oxygens (including phenoxy) is 1. The number of carbonyl (C=O) groups excluding carboxylic acids is 1. The Labute approximate surface area is 172 Å². The normalized spacial score (nSPS) is 11.8. The van der Waals surface area contributed by atoms with Crippen LogP contribution in [0, 0.1) is 0 Å². The average Bonchev–Trinajstić information content (AvgIpc) is 3.20. The van der Waals surface area contributed by atoms with Crippen molar-refractivity contribution in [2.75, 3.05) is 6.61 Å². The molecule has 7 heteroatoms. The summed E-state index contributed by atoms with van der Waals surface area (Å²) in [6, 6.07) is 16.9. The highest BCUT2D eigenvalue weighted by Gasteiger charge is 2.19. The smallest absolute Gasteiger partial charge is 0.258 e. The number of rotatable bonds is 9. The lowest BCUT2D eigenvalue weighted by Gasteiger charge is -2.13. The third-order valence-electron chi connectivity index (χ3n) is 4.13. The lowest BCUT2D eigenvalue weighted by atomic mass is 10.2. The second-order valence-electron chi connectivity index (χ2n) is 6.26. The second-order valence-corrected chi connectivity index (χ2v) is 7.18. The molecular weight excluding hydrogens is 422 g/mol. The number of nitrogens with zero attached hydrogens (tertiary/aromatic N) is 2. The molecule has 3 aromatic rings. The van der Waals surface area contributed by atoms with Gasteiger partial charge in [0.2, 0.25) is 5.91 Å². The van der Waals surface area contributed by atoms with Crippen molar-refractivity contribution in [2.45, 2.75) is 32.2 Å². The Kier molecular flexibility index (Phi) is 7.19. The Balaban J connectivity index is 1.50. The van der Waals surface area contributed by atoms with E-state index in [0.29, 0.717) is 37.6 Å². The summed E-state index contributed by atoms with van der Waals surface area (Å²) in [6.45, 7) is 2.46. The predicted octanol–water partition coefficient (Wildman–Crippen LogP) is 4.93. The molecule has 3 rings (SSSR count). The van der Waals surface area contributed by atoms with Crippen LogP contribution in [0.1, 0.15) is 38.1 Å². The first-order valence-corrected chi connectivity index (χ1v) is 10.0. The minimum absolute atomic E-state index is 0.0580. The summed E-state index contributed by atoms with van der Waals surface area (Å²) in [5.41, 5.74) is 0.826. The molecule has 1 amide bonds. The largest absolute Gasteiger partial charge is 0.494 e. The van der Waals surface area contributed by atoms with E-state index in [0.717, 1.165) is 15.8 Å². The third kappa shape index (κ3) is 5.66. The molecule has 0 radical (unpaired) electrons. The molecule has 0 aliphatic rings. The van der Waals surface area contributed by atoms with Crippen LogP contribution in [0.2, 0.25) is 0 Å². The standard InChI is InChI=1S/C21H22BrN3O3/c1-2-18(20-24-21(28-25-20)15-8-6-9-16(22)14-15)23-19(26)12-7-13-27-17-10-4-3-5-11-17/h3-6,8-11,14,18H,2,7,12-13H2,1H3,(H,23,26)/t18-/m1/s1. The first-order valence-electron chi connectivity index (χ1n) is 9.22. The lowest BCUT2D eigenvalue weighted by molar-refractivity contribution is -0.122. The zero-order valence-electron chi connectivity index (χ0n) is 15.6. The van der Waals surface area contributed by atoms with E-state index in [4.69, 9.17) is 9.26 Å². The van der Waals surface area contributed by atoms with E-state index in [1.807, 2.05) is 61.5 Å². The Morgan fingerprint density at radius 2 is 2.04 bits per heavy atom. The molecule has 1 heterocycles. The molecule has 0 aliphatic carbocycles. The number of hydrogen-bond acceptors (Lipinski definition) is 5. The van der Waals surface area contributed by atoms with Crippen molar-refractivity contribution in [3.63, 3.8) is 0 Å². The van der Waals surface area contributed by atoms with Crippen LogP contribution < -0.4 is 10.1 Å². The number of halogens is 1. The maximum atomic E-state index is 12.3. The topological polar surface area (TPSA) is 77.2 Å². The Morgan fingerprint density at radius 1 is 1.21 bits per heavy atom. The molecule has 0 saturated carbocycles. The summed E-state index contributed by atoms with van der Waals surface area (Å²) in [7, 11) is 0. The van der Waals surface area contributed by atoms with E-state index in [9.17, 15) is 4.79 Å². The zero-order chi connectivity index (χ0) is 19.8. The maximum absolute atomic E-state index is 12.3. The molecule has 0 bridgehead atoms. The van der Waals surface area contributed by atoms with Crippen molar-refractivity contribution in [3.05, 3.63) is 64.9 Å². The summed E-state index contributed by atoms with van der Waals surface area (Å²) >= 11 is 3.43. The summed E-state index contributed by atoms with van der Waals surface area (Å²) in [5, 5.41) is 7.01. The molecule has 0 saturated heterocycles. The van der Waals surface area contributed by atoms with Gasteiger partial charge in [0.1, 0.15) is 5.75 Å². The molecular formula is C21H22BrN3O3. The highest BCUT2D eigenvalue weighted by atomic mass is 79.9. The van der Waals surface area contributed by atoms with Crippen LogP contribution >= 0.6 is 15.9 Å². The fourth-order valence-electron chi connectivity index (χ4n) is 2.67. The van der Waals surface area contributed by atoms with Crippen LogP contribution in [0.4, 0.5) is 0 Å². The molecule has 2 aromatic carbocycles. The van der Waals surface area contributed by atoms with Gasteiger partial charge in [0.15, 0.2) is 5.82 Å². The molecule has 6 nitrogen and oxygen atoms in total. The molecule has 0 aliphatic heterocycles. The van der Waals surface area contributed by atoms with Crippen LogP contribution in [0.25, 0.3) is 11.5 Å². The van der Waals surface area contributed by atoms with Crippen molar-refractivity contribution in [2.24, 2.45) is 0 Å². The van der Waals surface area contributed by atoms with Crippen molar-refractivity contribution >= 4 is 21.8 Å². The van der Waals surface area contributed by atoms with E-state index in [2.05, 4.69) is 31.4 Å². The molecule has 1 N–H and O–H groups in total. The van der Waals surface area contributed by atoms with Gasteiger partial charge in [-0.25, -0.2) is 0 Å².